The molecule has 1 heterocycles. The van der Waals surface area contributed by atoms with Crippen molar-refractivity contribution in [2.45, 2.75) is 33.6 Å². The molecule has 0 bridgehead atoms. The first-order chi connectivity index (χ1) is 8.60. The molecule has 18 heavy (non-hydrogen) atoms. The lowest BCUT2D eigenvalue weighted by molar-refractivity contribution is 0.836. The Morgan fingerprint density at radius 3 is 2.56 bits per heavy atom. The number of nitrogens with zero attached hydrogens (tertiary/aromatic N) is 2. The summed E-state index contributed by atoms with van der Waals surface area (Å²) in [6.45, 7) is 6.30. The quantitative estimate of drug-likeness (QED) is 0.766. The van der Waals surface area contributed by atoms with E-state index in [0.29, 0.717) is 5.15 Å². The third-order valence-electron chi connectivity index (χ3n) is 2.87. The van der Waals surface area contributed by atoms with Crippen molar-refractivity contribution in [2.24, 2.45) is 0 Å². The maximum Gasteiger partial charge on any atom is 0.133 e. The van der Waals surface area contributed by atoms with Gasteiger partial charge in [-0.25, -0.2) is 9.97 Å². The third-order valence-corrected chi connectivity index (χ3v) is 3.07. The molecule has 2 aromatic rings. The Balaban J connectivity index is 2.49. The van der Waals surface area contributed by atoms with Gasteiger partial charge in [-0.2, -0.15) is 0 Å². The van der Waals surface area contributed by atoms with Gasteiger partial charge in [-0.05, 0) is 25.8 Å². The van der Waals surface area contributed by atoms with Crippen LogP contribution in [0, 0.1) is 13.8 Å². The number of hydrogen-bond acceptors (Lipinski definition) is 2. The highest BCUT2D eigenvalue weighted by Crippen LogP contribution is 2.24. The van der Waals surface area contributed by atoms with Crippen molar-refractivity contribution in [1.82, 2.24) is 9.97 Å². The van der Waals surface area contributed by atoms with Crippen LogP contribution >= 0.6 is 11.6 Å². The Bertz CT molecular complexity index is 564. The van der Waals surface area contributed by atoms with Gasteiger partial charge in [0, 0.05) is 18.1 Å². The number of halogens is 1. The van der Waals surface area contributed by atoms with E-state index in [1.807, 2.05) is 6.07 Å². The number of rotatable bonds is 3. The van der Waals surface area contributed by atoms with E-state index < -0.39 is 0 Å². The molecule has 0 spiro atoms. The Labute approximate surface area is 113 Å². The molecule has 3 heteroatoms. The lowest BCUT2D eigenvalue weighted by Crippen LogP contribution is -1.98. The lowest BCUT2D eigenvalue weighted by Gasteiger charge is -2.08. The lowest BCUT2D eigenvalue weighted by atomic mass is 10.0. The van der Waals surface area contributed by atoms with Gasteiger partial charge in [-0.3, -0.25) is 0 Å². The van der Waals surface area contributed by atoms with Crippen molar-refractivity contribution in [1.29, 1.82) is 0 Å². The Morgan fingerprint density at radius 2 is 1.89 bits per heavy atom. The minimum atomic E-state index is 0.517. The van der Waals surface area contributed by atoms with Crippen LogP contribution in [-0.2, 0) is 6.42 Å². The van der Waals surface area contributed by atoms with Gasteiger partial charge < -0.3 is 0 Å². The van der Waals surface area contributed by atoms with E-state index in [0.717, 1.165) is 29.9 Å². The Kier molecular flexibility index (Phi) is 3.97. The SMILES string of the molecule is CCCc1nc(Cl)cc(-c2ccc(C)cc2C)n1. The van der Waals surface area contributed by atoms with Crippen LogP contribution in [0.15, 0.2) is 24.3 Å². The molecule has 0 saturated carbocycles. The first kappa shape index (κ1) is 13.0. The summed E-state index contributed by atoms with van der Waals surface area (Å²) in [5.74, 6) is 0.819. The van der Waals surface area contributed by atoms with Crippen molar-refractivity contribution in [3.63, 3.8) is 0 Å². The molecule has 0 aliphatic heterocycles. The van der Waals surface area contributed by atoms with Crippen molar-refractivity contribution in [3.05, 3.63) is 46.4 Å². The van der Waals surface area contributed by atoms with Crippen molar-refractivity contribution >= 4 is 11.6 Å². The molecule has 0 unspecified atom stereocenters. The number of aromatic nitrogens is 2. The van der Waals surface area contributed by atoms with Gasteiger partial charge in [0.15, 0.2) is 0 Å². The highest BCUT2D eigenvalue weighted by atomic mass is 35.5. The van der Waals surface area contributed by atoms with E-state index in [9.17, 15) is 0 Å². The van der Waals surface area contributed by atoms with Gasteiger partial charge in [0.25, 0.3) is 0 Å². The molecular weight excluding hydrogens is 244 g/mol. The van der Waals surface area contributed by atoms with Crippen molar-refractivity contribution < 1.29 is 0 Å². The molecule has 0 amide bonds. The number of aryl methyl sites for hydroxylation is 3. The van der Waals surface area contributed by atoms with Crippen molar-refractivity contribution in [3.8, 4) is 11.3 Å². The van der Waals surface area contributed by atoms with Gasteiger partial charge >= 0.3 is 0 Å². The molecule has 0 fully saturated rings. The summed E-state index contributed by atoms with van der Waals surface area (Å²) < 4.78 is 0. The number of benzene rings is 1. The first-order valence-electron chi connectivity index (χ1n) is 6.21. The predicted molar refractivity (Wildman–Crippen MR) is 75.9 cm³/mol. The van der Waals surface area contributed by atoms with Crippen LogP contribution in [0.4, 0.5) is 0 Å². The minimum absolute atomic E-state index is 0.517. The van der Waals surface area contributed by atoms with Crippen LogP contribution in [0.3, 0.4) is 0 Å². The summed E-state index contributed by atoms with van der Waals surface area (Å²) in [6, 6.07) is 8.18. The summed E-state index contributed by atoms with van der Waals surface area (Å²) in [5.41, 5.74) is 4.51. The zero-order valence-corrected chi connectivity index (χ0v) is 11.8. The fraction of sp³-hybridized carbons (Fsp3) is 0.333. The molecule has 2 nitrogen and oxygen atoms in total. The van der Waals surface area contributed by atoms with Crippen LogP contribution in [0.5, 0.6) is 0 Å². The maximum atomic E-state index is 6.07. The van der Waals surface area contributed by atoms with E-state index >= 15 is 0 Å². The first-order valence-corrected chi connectivity index (χ1v) is 6.59. The summed E-state index contributed by atoms with van der Waals surface area (Å²) in [5, 5.41) is 0.517. The van der Waals surface area contributed by atoms with E-state index in [2.05, 4.69) is 48.9 Å². The molecule has 2 rings (SSSR count). The molecule has 0 N–H and O–H groups in total. The van der Waals surface area contributed by atoms with Crippen LogP contribution in [-0.4, -0.2) is 9.97 Å². The number of hydrogen-bond donors (Lipinski definition) is 0. The fourth-order valence-corrected chi connectivity index (χ4v) is 2.24. The maximum absolute atomic E-state index is 6.07. The highest BCUT2D eigenvalue weighted by Gasteiger charge is 2.07. The van der Waals surface area contributed by atoms with Crippen molar-refractivity contribution in [2.75, 3.05) is 0 Å². The largest absolute Gasteiger partial charge is 0.233 e. The minimum Gasteiger partial charge on any atom is -0.233 e. The summed E-state index contributed by atoms with van der Waals surface area (Å²) in [7, 11) is 0. The smallest absolute Gasteiger partial charge is 0.133 e. The molecule has 94 valence electrons. The molecule has 1 aromatic heterocycles. The average Bonchev–Trinajstić information content (AvgIpc) is 2.28. The van der Waals surface area contributed by atoms with E-state index in [1.165, 1.54) is 11.1 Å². The topological polar surface area (TPSA) is 25.8 Å². The summed E-state index contributed by atoms with van der Waals surface area (Å²) >= 11 is 6.07. The zero-order chi connectivity index (χ0) is 13.1. The predicted octanol–water partition coefficient (Wildman–Crippen LogP) is 4.37. The van der Waals surface area contributed by atoms with Crippen LogP contribution < -0.4 is 0 Å². The second-order valence-corrected chi connectivity index (χ2v) is 4.95. The molecule has 0 aliphatic rings. The van der Waals surface area contributed by atoms with E-state index in [1.54, 1.807) is 0 Å². The molecule has 0 saturated heterocycles. The van der Waals surface area contributed by atoms with Crippen LogP contribution in [0.25, 0.3) is 11.3 Å². The standard InChI is InChI=1S/C15H17ClN2/c1-4-5-15-17-13(9-14(16)18-15)12-7-6-10(2)8-11(12)3/h6-9H,4-5H2,1-3H3. The van der Waals surface area contributed by atoms with Gasteiger partial charge in [0.1, 0.15) is 11.0 Å². The van der Waals surface area contributed by atoms with Gasteiger partial charge in [-0.15, -0.1) is 0 Å². The van der Waals surface area contributed by atoms with Crippen LogP contribution in [0.2, 0.25) is 5.15 Å². The second kappa shape index (κ2) is 5.49. The monoisotopic (exact) mass is 260 g/mol. The van der Waals surface area contributed by atoms with Gasteiger partial charge in [-0.1, -0.05) is 42.3 Å². The zero-order valence-electron chi connectivity index (χ0n) is 11.0. The third kappa shape index (κ3) is 2.88. The van der Waals surface area contributed by atoms with Gasteiger partial charge in [0.2, 0.25) is 0 Å². The molecule has 0 radical (unpaired) electrons. The van der Waals surface area contributed by atoms with Crippen LogP contribution in [0.1, 0.15) is 30.3 Å². The second-order valence-electron chi connectivity index (χ2n) is 4.56. The highest BCUT2D eigenvalue weighted by molar-refractivity contribution is 6.29. The molecule has 0 atom stereocenters. The molecule has 1 aromatic carbocycles. The van der Waals surface area contributed by atoms with E-state index in [4.69, 9.17) is 11.6 Å². The summed E-state index contributed by atoms with van der Waals surface area (Å²) in [6.07, 6.45) is 1.88. The molecule has 0 aliphatic carbocycles. The van der Waals surface area contributed by atoms with Gasteiger partial charge in [0.05, 0.1) is 5.69 Å². The van der Waals surface area contributed by atoms with E-state index in [-0.39, 0.29) is 0 Å². The summed E-state index contributed by atoms with van der Waals surface area (Å²) in [4.78, 5) is 8.84. The average molecular weight is 261 g/mol. The normalized spacial score (nSPS) is 10.7. The molecular formula is C15H17ClN2. The Morgan fingerprint density at radius 1 is 1.11 bits per heavy atom. The fourth-order valence-electron chi connectivity index (χ4n) is 2.04. The Hall–Kier alpha value is -1.41.